The van der Waals surface area contributed by atoms with Gasteiger partial charge in [-0.1, -0.05) is 6.07 Å². The van der Waals surface area contributed by atoms with Gasteiger partial charge in [-0.2, -0.15) is 0 Å². The second-order valence-corrected chi connectivity index (χ2v) is 4.49. The monoisotopic (exact) mass is 268 g/mol. The van der Waals surface area contributed by atoms with Crippen molar-refractivity contribution in [2.24, 2.45) is 0 Å². The standard InChI is InChI=1S/C16H13FN2O/c1-20-13-6-3-10(4-7-13)15-8-11-2-5-12(17)9-14(11)16(18)19-15/h2-9H,1H3,(H2,18,19). The van der Waals surface area contributed by atoms with Gasteiger partial charge in [0.15, 0.2) is 0 Å². The van der Waals surface area contributed by atoms with Crippen LogP contribution in [0.1, 0.15) is 0 Å². The number of ether oxygens (including phenoxy) is 1. The van der Waals surface area contributed by atoms with Crippen LogP contribution in [-0.2, 0) is 0 Å². The zero-order valence-electron chi connectivity index (χ0n) is 10.9. The molecule has 1 heterocycles. The molecule has 0 aliphatic carbocycles. The number of nitrogen functional groups attached to an aromatic ring is 1. The van der Waals surface area contributed by atoms with Gasteiger partial charge >= 0.3 is 0 Å². The van der Waals surface area contributed by atoms with E-state index in [1.54, 1.807) is 13.2 Å². The molecular weight excluding hydrogens is 255 g/mol. The topological polar surface area (TPSA) is 48.1 Å². The smallest absolute Gasteiger partial charge is 0.132 e. The molecule has 1 aromatic heterocycles. The van der Waals surface area contributed by atoms with Crippen molar-refractivity contribution in [1.82, 2.24) is 4.98 Å². The maximum Gasteiger partial charge on any atom is 0.132 e. The van der Waals surface area contributed by atoms with Crippen molar-refractivity contribution in [1.29, 1.82) is 0 Å². The lowest BCUT2D eigenvalue weighted by molar-refractivity contribution is 0.415. The lowest BCUT2D eigenvalue weighted by Crippen LogP contribution is -1.95. The predicted octanol–water partition coefficient (Wildman–Crippen LogP) is 3.63. The molecule has 0 aliphatic heterocycles. The van der Waals surface area contributed by atoms with Crippen molar-refractivity contribution in [3.8, 4) is 17.0 Å². The van der Waals surface area contributed by atoms with Crippen LogP contribution in [0.4, 0.5) is 10.2 Å². The van der Waals surface area contributed by atoms with E-state index in [2.05, 4.69) is 4.98 Å². The molecule has 0 radical (unpaired) electrons. The van der Waals surface area contributed by atoms with Gasteiger partial charge in [-0.05, 0) is 47.9 Å². The number of halogens is 1. The second-order valence-electron chi connectivity index (χ2n) is 4.49. The van der Waals surface area contributed by atoms with E-state index < -0.39 is 0 Å². The summed E-state index contributed by atoms with van der Waals surface area (Å²) in [4.78, 5) is 4.34. The average Bonchev–Trinajstić information content (AvgIpc) is 2.48. The first-order valence-corrected chi connectivity index (χ1v) is 6.17. The molecule has 2 aromatic carbocycles. The highest BCUT2D eigenvalue weighted by Gasteiger charge is 2.06. The number of nitrogens with two attached hydrogens (primary N) is 1. The maximum atomic E-state index is 13.2. The van der Waals surface area contributed by atoms with Crippen LogP contribution in [0, 0.1) is 5.82 Å². The molecule has 0 bridgehead atoms. The number of methoxy groups -OCH3 is 1. The summed E-state index contributed by atoms with van der Waals surface area (Å²) in [6.07, 6.45) is 0. The summed E-state index contributed by atoms with van der Waals surface area (Å²) in [5.41, 5.74) is 7.60. The van der Waals surface area contributed by atoms with Crippen molar-refractivity contribution in [3.05, 3.63) is 54.3 Å². The number of nitrogens with zero attached hydrogens (tertiary/aromatic N) is 1. The summed E-state index contributed by atoms with van der Waals surface area (Å²) in [5, 5.41) is 1.49. The first-order chi connectivity index (χ1) is 9.67. The predicted molar refractivity (Wildman–Crippen MR) is 78.1 cm³/mol. The van der Waals surface area contributed by atoms with Crippen molar-refractivity contribution >= 4 is 16.6 Å². The second kappa shape index (κ2) is 4.81. The van der Waals surface area contributed by atoms with E-state index in [4.69, 9.17) is 10.5 Å². The maximum absolute atomic E-state index is 13.2. The molecule has 0 amide bonds. The van der Waals surface area contributed by atoms with Crippen molar-refractivity contribution < 1.29 is 9.13 Å². The van der Waals surface area contributed by atoms with Crippen molar-refractivity contribution in [2.45, 2.75) is 0 Å². The van der Waals surface area contributed by atoms with E-state index in [-0.39, 0.29) is 5.82 Å². The summed E-state index contributed by atoms with van der Waals surface area (Å²) in [6, 6.07) is 14.0. The van der Waals surface area contributed by atoms with Crippen LogP contribution >= 0.6 is 0 Å². The fourth-order valence-corrected chi connectivity index (χ4v) is 2.16. The molecule has 3 rings (SSSR count). The van der Waals surface area contributed by atoms with Gasteiger partial charge in [0.05, 0.1) is 12.8 Å². The molecule has 0 fully saturated rings. The molecule has 0 saturated carbocycles. The summed E-state index contributed by atoms with van der Waals surface area (Å²) in [7, 11) is 1.62. The third-order valence-corrected chi connectivity index (χ3v) is 3.21. The van der Waals surface area contributed by atoms with Gasteiger partial charge in [0.25, 0.3) is 0 Å². The zero-order valence-corrected chi connectivity index (χ0v) is 10.9. The number of hydrogen-bond acceptors (Lipinski definition) is 3. The minimum Gasteiger partial charge on any atom is -0.497 e. The molecule has 20 heavy (non-hydrogen) atoms. The van der Waals surface area contributed by atoms with Crippen LogP contribution in [0.5, 0.6) is 5.75 Å². The Bertz CT molecular complexity index is 769. The molecule has 0 saturated heterocycles. The third-order valence-electron chi connectivity index (χ3n) is 3.21. The van der Waals surface area contributed by atoms with Crippen LogP contribution < -0.4 is 10.5 Å². The van der Waals surface area contributed by atoms with Gasteiger partial charge in [-0.3, -0.25) is 0 Å². The van der Waals surface area contributed by atoms with Gasteiger partial charge in [0.2, 0.25) is 0 Å². The quantitative estimate of drug-likeness (QED) is 0.772. The van der Waals surface area contributed by atoms with E-state index >= 15 is 0 Å². The van der Waals surface area contributed by atoms with Gasteiger partial charge in [0.1, 0.15) is 17.4 Å². The Morgan fingerprint density at radius 1 is 1.05 bits per heavy atom. The first-order valence-electron chi connectivity index (χ1n) is 6.17. The first kappa shape index (κ1) is 12.4. The summed E-state index contributed by atoms with van der Waals surface area (Å²) in [5.74, 6) is 0.792. The molecular formula is C16H13FN2O. The van der Waals surface area contributed by atoms with E-state index in [1.165, 1.54) is 12.1 Å². The van der Waals surface area contributed by atoms with Gasteiger partial charge < -0.3 is 10.5 Å². The fraction of sp³-hybridized carbons (Fsp3) is 0.0625. The van der Waals surface area contributed by atoms with Gasteiger partial charge in [-0.25, -0.2) is 9.37 Å². The molecule has 2 N–H and O–H groups in total. The Labute approximate surface area is 115 Å². The van der Waals surface area contributed by atoms with Gasteiger partial charge in [-0.15, -0.1) is 0 Å². The van der Waals surface area contributed by atoms with Crippen molar-refractivity contribution in [2.75, 3.05) is 12.8 Å². The molecule has 100 valence electrons. The highest BCUT2D eigenvalue weighted by Crippen LogP contribution is 2.27. The minimum absolute atomic E-state index is 0.316. The number of pyridine rings is 1. The third kappa shape index (κ3) is 2.16. The summed E-state index contributed by atoms with van der Waals surface area (Å²) >= 11 is 0. The number of fused-ring (bicyclic) bond motifs is 1. The Hall–Kier alpha value is -2.62. The molecule has 0 aliphatic rings. The molecule has 0 spiro atoms. The van der Waals surface area contributed by atoms with Crippen LogP contribution in [0.25, 0.3) is 22.0 Å². The normalized spacial score (nSPS) is 10.7. The largest absolute Gasteiger partial charge is 0.497 e. The van der Waals surface area contributed by atoms with Crippen molar-refractivity contribution in [3.63, 3.8) is 0 Å². The highest BCUT2D eigenvalue weighted by atomic mass is 19.1. The zero-order chi connectivity index (χ0) is 14.1. The highest BCUT2D eigenvalue weighted by molar-refractivity contribution is 5.93. The van der Waals surface area contributed by atoms with E-state index in [9.17, 15) is 4.39 Å². The summed E-state index contributed by atoms with van der Waals surface area (Å²) in [6.45, 7) is 0. The van der Waals surface area contributed by atoms with Gasteiger partial charge in [0, 0.05) is 10.9 Å². The van der Waals surface area contributed by atoms with E-state index in [0.717, 1.165) is 22.4 Å². The molecule has 0 atom stereocenters. The lowest BCUT2D eigenvalue weighted by Gasteiger charge is -2.07. The molecule has 0 unspecified atom stereocenters. The number of rotatable bonds is 2. The average molecular weight is 268 g/mol. The fourth-order valence-electron chi connectivity index (χ4n) is 2.16. The van der Waals surface area contributed by atoms with Crippen LogP contribution in [0.2, 0.25) is 0 Å². The Morgan fingerprint density at radius 3 is 2.50 bits per heavy atom. The van der Waals surface area contributed by atoms with E-state index in [1.807, 2.05) is 30.3 Å². The van der Waals surface area contributed by atoms with Crippen LogP contribution in [0.15, 0.2) is 48.5 Å². The lowest BCUT2D eigenvalue weighted by atomic mass is 10.1. The molecule has 3 aromatic rings. The van der Waals surface area contributed by atoms with Crippen LogP contribution in [-0.4, -0.2) is 12.1 Å². The number of aromatic nitrogens is 1. The van der Waals surface area contributed by atoms with Crippen LogP contribution in [0.3, 0.4) is 0 Å². The Morgan fingerprint density at radius 2 is 1.80 bits per heavy atom. The minimum atomic E-state index is -0.316. The summed E-state index contributed by atoms with van der Waals surface area (Å²) < 4.78 is 18.4. The Kier molecular flexibility index (Phi) is 2.99. The number of anilines is 1. The SMILES string of the molecule is COc1ccc(-c2cc3ccc(F)cc3c(N)n2)cc1. The number of hydrogen-bond donors (Lipinski definition) is 1. The molecule has 4 heteroatoms. The number of benzene rings is 2. The molecule has 3 nitrogen and oxygen atoms in total. The Balaban J connectivity index is 2.14. The van der Waals surface area contributed by atoms with E-state index in [0.29, 0.717) is 11.2 Å².